The van der Waals surface area contributed by atoms with Gasteiger partial charge in [0.1, 0.15) is 6.20 Å². The third kappa shape index (κ3) is 1.29. The summed E-state index contributed by atoms with van der Waals surface area (Å²) in [5.41, 5.74) is 0. The van der Waals surface area contributed by atoms with Gasteiger partial charge in [-0.3, -0.25) is 0 Å². The maximum absolute atomic E-state index is 5.16. The molecule has 0 aliphatic carbocycles. The molecule has 0 aliphatic heterocycles. The molecule has 0 unspecified atom stereocenters. The fourth-order valence-electron chi connectivity index (χ4n) is 0.633. The van der Waals surface area contributed by atoms with E-state index in [1.165, 1.54) is 0 Å². The van der Waals surface area contributed by atoms with Gasteiger partial charge in [-0.25, -0.2) is 4.98 Å². The van der Waals surface area contributed by atoms with E-state index >= 15 is 0 Å². The summed E-state index contributed by atoms with van der Waals surface area (Å²) >= 11 is 0. The molecule has 0 amide bonds. The number of hydrogen-bond acceptors (Lipinski definition) is 3. The Morgan fingerprint density at radius 2 is 2.30 bits per heavy atom. The van der Waals surface area contributed by atoms with Crippen LogP contribution in [0, 0.1) is 0 Å². The molecule has 1 rings (SSSR count). The van der Waals surface area contributed by atoms with E-state index in [4.69, 9.17) is 9.15 Å². The first-order chi connectivity index (χ1) is 4.74. The molecule has 3 heteroatoms. The van der Waals surface area contributed by atoms with Crippen LogP contribution in [-0.2, 0) is 0 Å². The summed E-state index contributed by atoms with van der Waals surface area (Å²) in [6, 6.07) is 0. The Bertz CT molecular complexity index is 205. The number of nitrogens with zero attached hydrogens (tertiary/aromatic N) is 1. The smallest absolute Gasteiger partial charge is 0.304 e. The van der Waals surface area contributed by atoms with E-state index in [1.807, 2.05) is 13.8 Å². The molecular formula is C7H11NO2. The SMILES string of the molecule is COc1cnc(C(C)C)o1. The van der Waals surface area contributed by atoms with E-state index in [-0.39, 0.29) is 0 Å². The zero-order chi connectivity index (χ0) is 7.56. The highest BCUT2D eigenvalue weighted by atomic mass is 16.6. The van der Waals surface area contributed by atoms with E-state index in [2.05, 4.69) is 4.98 Å². The minimum atomic E-state index is 0.323. The first kappa shape index (κ1) is 7.12. The van der Waals surface area contributed by atoms with E-state index in [0.717, 1.165) is 5.89 Å². The summed E-state index contributed by atoms with van der Waals surface area (Å²) in [4.78, 5) is 3.99. The van der Waals surface area contributed by atoms with E-state index in [9.17, 15) is 0 Å². The van der Waals surface area contributed by atoms with Crippen LogP contribution in [0.5, 0.6) is 5.95 Å². The third-order valence-electron chi connectivity index (χ3n) is 1.20. The molecule has 0 N–H and O–H groups in total. The lowest BCUT2D eigenvalue weighted by Crippen LogP contribution is -1.84. The van der Waals surface area contributed by atoms with E-state index < -0.39 is 0 Å². The maximum Gasteiger partial charge on any atom is 0.304 e. The first-order valence-corrected chi connectivity index (χ1v) is 3.23. The monoisotopic (exact) mass is 141 g/mol. The van der Waals surface area contributed by atoms with Crippen LogP contribution < -0.4 is 4.74 Å². The van der Waals surface area contributed by atoms with Crippen LogP contribution >= 0.6 is 0 Å². The largest absolute Gasteiger partial charge is 0.467 e. The van der Waals surface area contributed by atoms with Crippen LogP contribution in [0.25, 0.3) is 0 Å². The molecule has 10 heavy (non-hydrogen) atoms. The van der Waals surface area contributed by atoms with Gasteiger partial charge in [-0.15, -0.1) is 0 Å². The zero-order valence-corrected chi connectivity index (χ0v) is 6.42. The summed E-state index contributed by atoms with van der Waals surface area (Å²) in [5.74, 6) is 1.52. The Hall–Kier alpha value is -0.990. The number of oxazole rings is 1. The normalized spacial score (nSPS) is 10.4. The van der Waals surface area contributed by atoms with Crippen molar-refractivity contribution >= 4 is 0 Å². The molecule has 0 saturated heterocycles. The molecule has 0 spiro atoms. The van der Waals surface area contributed by atoms with Crippen LogP contribution in [0.15, 0.2) is 10.6 Å². The standard InChI is InChI=1S/C7H11NO2/c1-5(2)7-8-4-6(9-3)10-7/h4-5H,1-3H3. The van der Waals surface area contributed by atoms with Gasteiger partial charge in [-0.2, -0.15) is 0 Å². The van der Waals surface area contributed by atoms with Crippen molar-refractivity contribution in [1.29, 1.82) is 0 Å². The van der Waals surface area contributed by atoms with Gasteiger partial charge in [0.2, 0.25) is 5.89 Å². The van der Waals surface area contributed by atoms with Crippen LogP contribution in [-0.4, -0.2) is 12.1 Å². The summed E-state index contributed by atoms with van der Waals surface area (Å²) < 4.78 is 9.98. The molecule has 56 valence electrons. The molecular weight excluding hydrogens is 130 g/mol. The van der Waals surface area contributed by atoms with Crippen molar-refractivity contribution < 1.29 is 9.15 Å². The highest BCUT2D eigenvalue weighted by molar-refractivity contribution is 5.01. The Labute approximate surface area is 60.0 Å². The fourth-order valence-corrected chi connectivity index (χ4v) is 0.633. The second-order valence-corrected chi connectivity index (χ2v) is 2.38. The van der Waals surface area contributed by atoms with Crippen molar-refractivity contribution in [2.24, 2.45) is 0 Å². The molecule has 0 fully saturated rings. The van der Waals surface area contributed by atoms with Gasteiger partial charge < -0.3 is 9.15 Å². The third-order valence-corrected chi connectivity index (χ3v) is 1.20. The Morgan fingerprint density at radius 1 is 1.60 bits per heavy atom. The van der Waals surface area contributed by atoms with Crippen molar-refractivity contribution in [2.75, 3.05) is 7.11 Å². The summed E-state index contributed by atoms with van der Waals surface area (Å²) in [6.07, 6.45) is 1.58. The van der Waals surface area contributed by atoms with Gasteiger partial charge in [-0.1, -0.05) is 13.8 Å². The molecule has 0 aromatic carbocycles. The topological polar surface area (TPSA) is 35.3 Å². The van der Waals surface area contributed by atoms with Gasteiger partial charge in [-0.05, 0) is 0 Å². The molecule has 1 heterocycles. The van der Waals surface area contributed by atoms with E-state index in [0.29, 0.717) is 11.9 Å². The van der Waals surface area contributed by atoms with Gasteiger partial charge in [0.25, 0.3) is 0 Å². The molecule has 1 aromatic heterocycles. The molecule has 1 aromatic rings. The average molecular weight is 141 g/mol. The number of aromatic nitrogens is 1. The van der Waals surface area contributed by atoms with Crippen molar-refractivity contribution in [3.63, 3.8) is 0 Å². The van der Waals surface area contributed by atoms with Crippen molar-refractivity contribution in [1.82, 2.24) is 4.98 Å². The number of hydrogen-bond donors (Lipinski definition) is 0. The van der Waals surface area contributed by atoms with Crippen LogP contribution in [0.4, 0.5) is 0 Å². The minimum absolute atomic E-state index is 0.323. The predicted octanol–water partition coefficient (Wildman–Crippen LogP) is 1.81. The quantitative estimate of drug-likeness (QED) is 0.630. The van der Waals surface area contributed by atoms with E-state index in [1.54, 1.807) is 13.3 Å². The van der Waals surface area contributed by atoms with Gasteiger partial charge >= 0.3 is 5.95 Å². The number of methoxy groups -OCH3 is 1. The molecule has 0 saturated carbocycles. The highest BCUT2D eigenvalue weighted by Gasteiger charge is 2.06. The molecule has 0 aliphatic rings. The first-order valence-electron chi connectivity index (χ1n) is 3.23. The molecule has 0 radical (unpaired) electrons. The highest BCUT2D eigenvalue weighted by Crippen LogP contribution is 2.18. The van der Waals surface area contributed by atoms with Crippen LogP contribution in [0.1, 0.15) is 25.7 Å². The predicted molar refractivity (Wildman–Crippen MR) is 37.1 cm³/mol. The molecule has 0 atom stereocenters. The minimum Gasteiger partial charge on any atom is -0.467 e. The Balaban J connectivity index is 2.78. The summed E-state index contributed by atoms with van der Waals surface area (Å²) in [6.45, 7) is 4.04. The Kier molecular flexibility index (Phi) is 1.94. The molecule has 3 nitrogen and oxygen atoms in total. The number of ether oxygens (including phenoxy) is 1. The molecule has 0 bridgehead atoms. The lowest BCUT2D eigenvalue weighted by molar-refractivity contribution is 0.289. The van der Waals surface area contributed by atoms with Crippen LogP contribution in [0.2, 0.25) is 0 Å². The van der Waals surface area contributed by atoms with Gasteiger partial charge in [0, 0.05) is 5.92 Å². The summed E-state index contributed by atoms with van der Waals surface area (Å²) in [7, 11) is 1.56. The second kappa shape index (κ2) is 2.73. The van der Waals surface area contributed by atoms with Gasteiger partial charge in [0.15, 0.2) is 0 Å². The number of rotatable bonds is 2. The lowest BCUT2D eigenvalue weighted by Gasteiger charge is -1.94. The average Bonchev–Trinajstić information content (AvgIpc) is 2.34. The zero-order valence-electron chi connectivity index (χ0n) is 6.42. The maximum atomic E-state index is 5.16. The summed E-state index contributed by atoms with van der Waals surface area (Å²) in [5, 5.41) is 0. The van der Waals surface area contributed by atoms with Crippen molar-refractivity contribution in [3.05, 3.63) is 12.1 Å². The van der Waals surface area contributed by atoms with Crippen molar-refractivity contribution in [3.8, 4) is 5.95 Å². The Morgan fingerprint density at radius 3 is 2.60 bits per heavy atom. The second-order valence-electron chi connectivity index (χ2n) is 2.38. The fraction of sp³-hybridized carbons (Fsp3) is 0.571. The lowest BCUT2D eigenvalue weighted by atomic mass is 10.2. The van der Waals surface area contributed by atoms with Crippen LogP contribution in [0.3, 0.4) is 0 Å². The van der Waals surface area contributed by atoms with Gasteiger partial charge in [0.05, 0.1) is 7.11 Å². The van der Waals surface area contributed by atoms with Crippen molar-refractivity contribution in [2.45, 2.75) is 19.8 Å².